The van der Waals surface area contributed by atoms with E-state index >= 15 is 0 Å². The molecule has 5 aliphatic rings. The van der Waals surface area contributed by atoms with Crippen LogP contribution in [0.4, 0.5) is 0 Å². The zero-order chi connectivity index (χ0) is 24.0. The van der Waals surface area contributed by atoms with E-state index in [1.54, 1.807) is 0 Å². The van der Waals surface area contributed by atoms with E-state index in [1.807, 2.05) is 0 Å². The summed E-state index contributed by atoms with van der Waals surface area (Å²) >= 11 is 0. The van der Waals surface area contributed by atoms with Crippen molar-refractivity contribution in [1.29, 1.82) is 0 Å². The van der Waals surface area contributed by atoms with Gasteiger partial charge in [-0.1, -0.05) is 45.0 Å². The van der Waals surface area contributed by atoms with Crippen LogP contribution in [0.1, 0.15) is 66.2 Å². The lowest BCUT2D eigenvalue weighted by molar-refractivity contribution is -0.160. The molecule has 2 N–H and O–H groups in total. The second-order valence-corrected chi connectivity index (χ2v) is 17.6. The quantitative estimate of drug-likeness (QED) is 0.255. The molecule has 0 aromatic heterocycles. The molecule has 0 aromatic carbocycles. The van der Waals surface area contributed by atoms with Crippen LogP contribution in [-0.4, -0.2) is 54.1 Å². The van der Waals surface area contributed by atoms with Gasteiger partial charge in [0.1, 0.15) is 6.10 Å². The van der Waals surface area contributed by atoms with Crippen LogP contribution in [0.2, 0.25) is 18.1 Å². The molecule has 2 heterocycles. The summed E-state index contributed by atoms with van der Waals surface area (Å²) < 4.78 is 14.1. The highest BCUT2D eigenvalue weighted by atomic mass is 28.4. The van der Waals surface area contributed by atoms with Gasteiger partial charge in [0.25, 0.3) is 0 Å². The Kier molecular flexibility index (Phi) is 5.13. The zero-order valence-corrected chi connectivity index (χ0v) is 21.8. The number of aliphatic hydroxyl groups is 2. The van der Waals surface area contributed by atoms with Crippen molar-refractivity contribution < 1.29 is 19.4 Å². The molecule has 0 radical (unpaired) electrons. The maximum Gasteiger partial charge on any atom is 0.192 e. The third-order valence-corrected chi connectivity index (χ3v) is 14.7. The highest BCUT2D eigenvalue weighted by Crippen LogP contribution is 2.67. The van der Waals surface area contributed by atoms with Crippen molar-refractivity contribution in [3.05, 3.63) is 33.7 Å². The fourth-order valence-corrected chi connectivity index (χ4v) is 8.74. The molecule has 2 spiro atoms. The van der Waals surface area contributed by atoms with Gasteiger partial charge in [-0.25, -0.2) is 0 Å². The molecule has 2 saturated carbocycles. The Hall–Kier alpha value is -1.15. The Balaban J connectivity index is 1.52. The molecule has 0 unspecified atom stereocenters. The molecule has 0 aromatic rings. The van der Waals surface area contributed by atoms with Crippen molar-refractivity contribution in [2.24, 2.45) is 16.4 Å². The lowest BCUT2D eigenvalue weighted by Gasteiger charge is -2.55. The lowest BCUT2D eigenvalue weighted by Crippen LogP contribution is -2.60. The van der Waals surface area contributed by atoms with Gasteiger partial charge in [-0.3, -0.25) is 0 Å². The second-order valence-electron chi connectivity index (χ2n) is 12.9. The van der Waals surface area contributed by atoms with Crippen LogP contribution in [0.5, 0.6) is 0 Å². The minimum atomic E-state index is -1.91. The molecule has 2 bridgehead atoms. The first-order chi connectivity index (χ1) is 15.3. The van der Waals surface area contributed by atoms with Crippen LogP contribution in [0, 0.1) is 11.3 Å². The van der Waals surface area contributed by atoms with Gasteiger partial charge in [-0.05, 0) is 73.3 Å². The Morgan fingerprint density at radius 1 is 1.24 bits per heavy atom. The molecule has 8 atom stereocenters. The van der Waals surface area contributed by atoms with Crippen molar-refractivity contribution in [3.63, 3.8) is 0 Å². The molecular formula is C25H39N3O4Si. The van der Waals surface area contributed by atoms with Crippen LogP contribution in [0.3, 0.4) is 0 Å². The summed E-state index contributed by atoms with van der Waals surface area (Å²) in [6, 6.07) is -0.684. The van der Waals surface area contributed by atoms with Gasteiger partial charge in [0.05, 0.1) is 29.5 Å². The molecule has 1 saturated heterocycles. The zero-order valence-electron chi connectivity index (χ0n) is 20.8. The molecule has 5 rings (SSSR count). The summed E-state index contributed by atoms with van der Waals surface area (Å²) in [5, 5.41) is 25.5. The highest BCUT2D eigenvalue weighted by molar-refractivity contribution is 6.74. The number of azide groups is 1. The summed E-state index contributed by atoms with van der Waals surface area (Å²) in [6.07, 6.45) is 7.60. The van der Waals surface area contributed by atoms with E-state index in [0.717, 1.165) is 43.3 Å². The van der Waals surface area contributed by atoms with Crippen molar-refractivity contribution in [3.8, 4) is 0 Å². The van der Waals surface area contributed by atoms with Gasteiger partial charge >= 0.3 is 0 Å². The smallest absolute Gasteiger partial charge is 0.192 e. The molecule has 3 aliphatic carbocycles. The summed E-state index contributed by atoms with van der Waals surface area (Å²) in [6.45, 7) is 14.0. The standard InChI is InChI=1S/C25H39N3O4Si/c1-22(2,3)33(5,6)31-19-8-7-18-23(19,4)10-9-15-13-16-20(29)21(30)17(27-28-26)14-24(16)11-12-25(15,18)32-24/h9,13,17-21,29-30H,7-8,10-12,14H2,1-6H3/t17-,18+,19-,20+,21+,23-,24+,25+/m0/s1. The second kappa shape index (κ2) is 7.18. The van der Waals surface area contributed by atoms with Gasteiger partial charge in [0.2, 0.25) is 0 Å². The monoisotopic (exact) mass is 473 g/mol. The molecule has 3 fully saturated rings. The van der Waals surface area contributed by atoms with Gasteiger partial charge in [-0.2, -0.15) is 0 Å². The van der Waals surface area contributed by atoms with Gasteiger partial charge in [0.15, 0.2) is 8.32 Å². The van der Waals surface area contributed by atoms with Gasteiger partial charge in [0, 0.05) is 16.2 Å². The highest BCUT2D eigenvalue weighted by Gasteiger charge is 2.68. The van der Waals surface area contributed by atoms with Crippen LogP contribution < -0.4 is 0 Å². The predicted octanol–water partition coefficient (Wildman–Crippen LogP) is 5.16. The normalized spacial score (nSPS) is 46.5. The van der Waals surface area contributed by atoms with Crippen molar-refractivity contribution >= 4 is 8.32 Å². The van der Waals surface area contributed by atoms with E-state index in [0.29, 0.717) is 12.3 Å². The molecule has 2 aliphatic heterocycles. The molecule has 182 valence electrons. The first kappa shape index (κ1) is 23.6. The molecule has 8 heteroatoms. The van der Waals surface area contributed by atoms with Gasteiger partial charge in [-0.15, -0.1) is 0 Å². The first-order valence-corrected chi connectivity index (χ1v) is 15.4. The van der Waals surface area contributed by atoms with Crippen LogP contribution >= 0.6 is 0 Å². The van der Waals surface area contributed by atoms with Crippen LogP contribution in [0.25, 0.3) is 10.4 Å². The van der Waals surface area contributed by atoms with Gasteiger partial charge < -0.3 is 19.4 Å². The van der Waals surface area contributed by atoms with E-state index in [9.17, 15) is 10.2 Å². The Morgan fingerprint density at radius 3 is 2.64 bits per heavy atom. The maximum absolute atomic E-state index is 10.9. The summed E-state index contributed by atoms with van der Waals surface area (Å²) in [4.78, 5) is 2.92. The average Bonchev–Trinajstić information content (AvgIpc) is 3.21. The fraction of sp³-hybridized carbons (Fsp3) is 0.840. The average molecular weight is 474 g/mol. The molecular weight excluding hydrogens is 434 g/mol. The summed E-state index contributed by atoms with van der Waals surface area (Å²) in [5.41, 5.74) is 9.88. The number of nitrogens with zero attached hydrogens (tertiary/aromatic N) is 3. The third kappa shape index (κ3) is 3.11. The topological polar surface area (TPSA) is 108 Å². The number of hydrogen-bond acceptors (Lipinski definition) is 5. The maximum atomic E-state index is 10.9. The molecule has 7 nitrogen and oxygen atoms in total. The van der Waals surface area contributed by atoms with Crippen molar-refractivity contribution in [1.82, 2.24) is 0 Å². The van der Waals surface area contributed by atoms with E-state index in [4.69, 9.17) is 14.7 Å². The molecule has 33 heavy (non-hydrogen) atoms. The SMILES string of the molecule is CC(C)(C)[Si](C)(C)O[C@H]1CC[C@@H]2[C@]1(C)CC=C1C=C3[C@@H](O)[C@H](O)[C@@H](N=[N+]=[N-])C[C@]34CC[C@@]12O4. The van der Waals surface area contributed by atoms with Crippen molar-refractivity contribution in [2.75, 3.05) is 0 Å². The van der Waals surface area contributed by atoms with E-state index in [1.165, 1.54) is 0 Å². The minimum absolute atomic E-state index is 0.00684. The van der Waals surface area contributed by atoms with E-state index < -0.39 is 32.2 Å². The summed E-state index contributed by atoms with van der Waals surface area (Å²) in [5.74, 6) is 0.346. The first-order valence-electron chi connectivity index (χ1n) is 12.5. The third-order valence-electron chi connectivity index (χ3n) is 10.2. The fourth-order valence-electron chi connectivity index (χ4n) is 7.29. The van der Waals surface area contributed by atoms with Crippen molar-refractivity contribution in [2.45, 2.75) is 120 Å². The number of rotatable bonds is 3. The van der Waals surface area contributed by atoms with Crippen LogP contribution in [0.15, 0.2) is 28.4 Å². The predicted molar refractivity (Wildman–Crippen MR) is 129 cm³/mol. The van der Waals surface area contributed by atoms with Crippen LogP contribution in [-0.2, 0) is 9.16 Å². The minimum Gasteiger partial charge on any atom is -0.413 e. The lowest BCUT2D eigenvalue weighted by atomic mass is 9.60. The Morgan fingerprint density at radius 2 is 1.97 bits per heavy atom. The molecule has 0 amide bonds. The Labute approximate surface area is 198 Å². The number of allylic oxidation sites excluding steroid dienone is 1. The van der Waals surface area contributed by atoms with E-state index in [2.05, 4.69) is 63.0 Å². The Bertz CT molecular complexity index is 967. The largest absolute Gasteiger partial charge is 0.413 e. The number of fused-ring (bicyclic) bond motifs is 1. The van der Waals surface area contributed by atoms with E-state index in [-0.39, 0.29) is 22.2 Å². The summed E-state index contributed by atoms with van der Waals surface area (Å²) in [7, 11) is -1.91. The number of ether oxygens (including phenoxy) is 1. The number of aliphatic hydroxyl groups excluding tert-OH is 2. The number of hydrogen-bond donors (Lipinski definition) is 2.